The lowest BCUT2D eigenvalue weighted by Crippen LogP contribution is -2.37. The van der Waals surface area contributed by atoms with E-state index in [9.17, 15) is 13.5 Å². The highest BCUT2D eigenvalue weighted by molar-refractivity contribution is 7.94. The maximum absolute atomic E-state index is 13.8. The third kappa shape index (κ3) is 6.72. The number of aromatic nitrogens is 3. The van der Waals surface area contributed by atoms with E-state index in [1.54, 1.807) is 73.1 Å². The molecule has 4 rings (SSSR count). The molecule has 0 amide bonds. The molecule has 0 fully saturated rings. The van der Waals surface area contributed by atoms with Gasteiger partial charge in [0.05, 0.1) is 19.4 Å². The molecule has 39 heavy (non-hydrogen) atoms. The summed E-state index contributed by atoms with van der Waals surface area (Å²) in [5, 5.41) is 9.43. The van der Waals surface area contributed by atoms with Gasteiger partial charge in [-0.3, -0.25) is 9.29 Å². The maximum Gasteiger partial charge on any atom is 0.325 e. The Morgan fingerprint density at radius 3 is 2.31 bits per heavy atom. The summed E-state index contributed by atoms with van der Waals surface area (Å²) in [4.78, 5) is 13.0. The van der Waals surface area contributed by atoms with Gasteiger partial charge in [-0.2, -0.15) is 13.4 Å². The summed E-state index contributed by atoms with van der Waals surface area (Å²) >= 11 is 0. The fourth-order valence-corrected chi connectivity index (χ4v) is 4.95. The molecule has 12 heteroatoms. The van der Waals surface area contributed by atoms with Crippen molar-refractivity contribution in [1.29, 1.82) is 0 Å². The Bertz CT molecular complexity index is 1470. The molecule has 0 aliphatic rings. The van der Waals surface area contributed by atoms with Gasteiger partial charge in [0.2, 0.25) is 5.75 Å². The SMILES string of the molecule is CCCN(c1ccccc1)S(=O)(=O)Nc1nc(-c2ccncc2)nc(OCCO)c1Oc1ccccc1OC. The van der Waals surface area contributed by atoms with Gasteiger partial charge in [-0.05, 0) is 42.8 Å². The van der Waals surface area contributed by atoms with Crippen molar-refractivity contribution in [2.45, 2.75) is 13.3 Å². The molecule has 0 saturated heterocycles. The summed E-state index contributed by atoms with van der Waals surface area (Å²) in [5.74, 6) is 0.512. The normalized spacial score (nSPS) is 11.1. The molecule has 0 aliphatic heterocycles. The van der Waals surface area contributed by atoms with Crippen molar-refractivity contribution in [3.8, 4) is 34.5 Å². The number of nitrogens with zero attached hydrogens (tertiary/aromatic N) is 4. The Kier molecular flexibility index (Phi) is 9.13. The minimum absolute atomic E-state index is 0.0729. The number of hydrogen-bond donors (Lipinski definition) is 2. The van der Waals surface area contributed by atoms with Crippen LogP contribution in [0.15, 0.2) is 79.1 Å². The fourth-order valence-electron chi connectivity index (χ4n) is 3.64. The number of aliphatic hydroxyl groups excluding tert-OH is 1. The van der Waals surface area contributed by atoms with Gasteiger partial charge < -0.3 is 19.3 Å². The highest BCUT2D eigenvalue weighted by Gasteiger charge is 2.28. The van der Waals surface area contributed by atoms with Crippen molar-refractivity contribution in [2.24, 2.45) is 0 Å². The number of ether oxygens (including phenoxy) is 3. The van der Waals surface area contributed by atoms with E-state index in [1.807, 2.05) is 13.0 Å². The Morgan fingerprint density at radius 2 is 1.64 bits per heavy atom. The topological polar surface area (TPSA) is 136 Å². The number of rotatable bonds is 13. The Hall–Kier alpha value is -4.42. The number of pyridine rings is 1. The number of aliphatic hydroxyl groups is 1. The smallest absolute Gasteiger partial charge is 0.325 e. The van der Waals surface area contributed by atoms with Crippen molar-refractivity contribution < 1.29 is 27.7 Å². The van der Waals surface area contributed by atoms with Gasteiger partial charge in [-0.15, -0.1) is 0 Å². The van der Waals surface area contributed by atoms with Crippen molar-refractivity contribution >= 4 is 21.7 Å². The highest BCUT2D eigenvalue weighted by atomic mass is 32.2. The van der Waals surface area contributed by atoms with Crippen LogP contribution >= 0.6 is 0 Å². The van der Waals surface area contributed by atoms with E-state index in [-0.39, 0.29) is 48.8 Å². The molecule has 204 valence electrons. The minimum atomic E-state index is -4.19. The summed E-state index contributed by atoms with van der Waals surface area (Å²) in [6.07, 6.45) is 3.69. The van der Waals surface area contributed by atoms with Gasteiger partial charge in [0.15, 0.2) is 23.1 Å². The monoisotopic (exact) mass is 551 g/mol. The fraction of sp³-hybridized carbons (Fsp3) is 0.222. The van der Waals surface area contributed by atoms with E-state index in [1.165, 1.54) is 11.4 Å². The number of para-hydroxylation sites is 3. The van der Waals surface area contributed by atoms with Gasteiger partial charge in [-0.25, -0.2) is 9.71 Å². The van der Waals surface area contributed by atoms with Crippen LogP contribution in [0.4, 0.5) is 11.5 Å². The lowest BCUT2D eigenvalue weighted by Gasteiger charge is -2.25. The van der Waals surface area contributed by atoms with Crippen LogP contribution in [0.1, 0.15) is 13.3 Å². The van der Waals surface area contributed by atoms with Crippen molar-refractivity contribution in [2.75, 3.05) is 35.9 Å². The molecule has 0 saturated carbocycles. The molecule has 2 heterocycles. The van der Waals surface area contributed by atoms with Gasteiger partial charge in [-0.1, -0.05) is 37.3 Å². The minimum Gasteiger partial charge on any atom is -0.493 e. The third-order valence-electron chi connectivity index (χ3n) is 5.37. The van der Waals surface area contributed by atoms with Crippen molar-refractivity contribution in [3.63, 3.8) is 0 Å². The number of hydrogen-bond acceptors (Lipinski definition) is 9. The van der Waals surface area contributed by atoms with Gasteiger partial charge in [0.25, 0.3) is 5.88 Å². The van der Waals surface area contributed by atoms with Crippen molar-refractivity contribution in [3.05, 3.63) is 79.1 Å². The molecule has 0 bridgehead atoms. The first-order chi connectivity index (χ1) is 19.0. The predicted molar refractivity (Wildman–Crippen MR) is 148 cm³/mol. The number of anilines is 2. The second-order valence-electron chi connectivity index (χ2n) is 8.11. The van der Waals surface area contributed by atoms with Crippen LogP contribution in [0, 0.1) is 0 Å². The van der Waals surface area contributed by atoms with E-state index in [2.05, 4.69) is 19.7 Å². The van der Waals surface area contributed by atoms with Crippen LogP contribution in [-0.4, -0.2) is 55.3 Å². The van der Waals surface area contributed by atoms with E-state index in [0.29, 0.717) is 23.4 Å². The van der Waals surface area contributed by atoms with Crippen LogP contribution in [0.3, 0.4) is 0 Å². The average molecular weight is 552 g/mol. The first-order valence-electron chi connectivity index (χ1n) is 12.2. The molecule has 0 aliphatic carbocycles. The van der Waals surface area contributed by atoms with E-state index in [0.717, 1.165) is 0 Å². The molecular formula is C27H29N5O6S. The molecule has 0 radical (unpaired) electrons. The molecule has 11 nitrogen and oxygen atoms in total. The maximum atomic E-state index is 13.8. The second-order valence-corrected chi connectivity index (χ2v) is 9.70. The Balaban J connectivity index is 1.88. The Labute approximate surface area is 227 Å². The predicted octanol–water partition coefficient (Wildman–Crippen LogP) is 4.28. The summed E-state index contributed by atoms with van der Waals surface area (Å²) in [6, 6.07) is 18.9. The summed E-state index contributed by atoms with van der Waals surface area (Å²) in [6.45, 7) is 1.68. The first-order valence-corrected chi connectivity index (χ1v) is 13.6. The highest BCUT2D eigenvalue weighted by Crippen LogP contribution is 2.41. The summed E-state index contributed by atoms with van der Waals surface area (Å²) in [5.41, 5.74) is 1.05. The van der Waals surface area contributed by atoms with Crippen LogP contribution in [0.25, 0.3) is 11.4 Å². The quantitative estimate of drug-likeness (QED) is 0.249. The van der Waals surface area contributed by atoms with Gasteiger partial charge in [0.1, 0.15) is 6.61 Å². The average Bonchev–Trinajstić information content (AvgIpc) is 2.96. The standard InChI is InChI=1S/C27H29N5O6S/c1-3-17-32(21-9-5-4-6-10-21)39(34,35)31-26-24(38-23-12-8-7-11-22(23)36-2)27(37-19-18-33)30-25(29-26)20-13-15-28-16-14-20/h4-16,33H,3,17-19H2,1-2H3,(H,29,30,31). The molecule has 0 unspecified atom stereocenters. The van der Waals surface area contributed by atoms with Crippen LogP contribution < -0.4 is 23.2 Å². The lowest BCUT2D eigenvalue weighted by molar-refractivity contribution is 0.192. The number of methoxy groups -OCH3 is 1. The lowest BCUT2D eigenvalue weighted by atomic mass is 10.2. The van der Waals surface area contributed by atoms with Gasteiger partial charge >= 0.3 is 10.2 Å². The van der Waals surface area contributed by atoms with Crippen LogP contribution in [-0.2, 0) is 10.2 Å². The zero-order valence-electron chi connectivity index (χ0n) is 21.5. The molecule has 2 aromatic carbocycles. The first kappa shape index (κ1) is 27.6. The van der Waals surface area contributed by atoms with E-state index in [4.69, 9.17) is 14.2 Å². The molecular weight excluding hydrogens is 522 g/mol. The summed E-state index contributed by atoms with van der Waals surface area (Å²) in [7, 11) is -2.71. The summed E-state index contributed by atoms with van der Waals surface area (Å²) < 4.78 is 48.6. The zero-order chi connectivity index (χ0) is 27.7. The second kappa shape index (κ2) is 12.9. The Morgan fingerprint density at radius 1 is 0.949 bits per heavy atom. The zero-order valence-corrected chi connectivity index (χ0v) is 22.3. The van der Waals surface area contributed by atoms with Gasteiger partial charge in [0, 0.05) is 24.5 Å². The third-order valence-corrected chi connectivity index (χ3v) is 6.80. The van der Waals surface area contributed by atoms with E-state index >= 15 is 0 Å². The van der Waals surface area contributed by atoms with E-state index < -0.39 is 10.2 Å². The largest absolute Gasteiger partial charge is 0.493 e. The van der Waals surface area contributed by atoms with Crippen molar-refractivity contribution in [1.82, 2.24) is 15.0 Å². The number of benzene rings is 2. The molecule has 2 aromatic heterocycles. The molecule has 0 spiro atoms. The van der Waals surface area contributed by atoms with Crippen LogP contribution in [0.5, 0.6) is 23.1 Å². The molecule has 4 aromatic rings. The molecule has 2 N–H and O–H groups in total. The van der Waals surface area contributed by atoms with Crippen LogP contribution in [0.2, 0.25) is 0 Å². The number of nitrogens with one attached hydrogen (secondary N) is 1. The molecule has 0 atom stereocenters.